The van der Waals surface area contributed by atoms with E-state index in [-0.39, 0.29) is 5.41 Å². The van der Waals surface area contributed by atoms with Gasteiger partial charge in [0, 0.05) is 29.6 Å². The topological polar surface area (TPSA) is 12.9 Å². The standard InChI is InChI=1S/C12H16Cl3N/c1-2-4-12(8-13,9-14)6-10-3-5-16-7-11(10)15/h3,5,7H,2,4,6,8-9H2,1H3. The van der Waals surface area contributed by atoms with Crippen LogP contribution in [0.15, 0.2) is 18.5 Å². The minimum absolute atomic E-state index is 0.0527. The third-order valence-corrected chi connectivity index (χ3v) is 4.24. The molecule has 1 heterocycles. The molecule has 0 saturated heterocycles. The number of hydrogen-bond donors (Lipinski definition) is 0. The van der Waals surface area contributed by atoms with Gasteiger partial charge in [0.15, 0.2) is 0 Å². The Morgan fingerprint density at radius 3 is 2.50 bits per heavy atom. The average molecular weight is 281 g/mol. The van der Waals surface area contributed by atoms with E-state index >= 15 is 0 Å². The maximum atomic E-state index is 6.10. The number of nitrogens with zero attached hydrogens (tertiary/aromatic N) is 1. The highest BCUT2D eigenvalue weighted by Crippen LogP contribution is 2.33. The Bertz CT molecular complexity index is 324. The molecule has 0 bridgehead atoms. The quantitative estimate of drug-likeness (QED) is 0.697. The lowest BCUT2D eigenvalue weighted by Crippen LogP contribution is -2.28. The minimum Gasteiger partial charge on any atom is -0.263 e. The molecule has 0 aliphatic heterocycles. The summed E-state index contributed by atoms with van der Waals surface area (Å²) in [6, 6.07) is 1.94. The number of rotatable bonds is 6. The molecule has 0 aliphatic carbocycles. The van der Waals surface area contributed by atoms with Crippen LogP contribution in [0.5, 0.6) is 0 Å². The van der Waals surface area contributed by atoms with Gasteiger partial charge in [-0.15, -0.1) is 23.2 Å². The first-order valence-electron chi connectivity index (χ1n) is 5.38. The van der Waals surface area contributed by atoms with E-state index in [1.54, 1.807) is 12.4 Å². The first-order valence-corrected chi connectivity index (χ1v) is 6.82. The van der Waals surface area contributed by atoms with E-state index in [2.05, 4.69) is 11.9 Å². The van der Waals surface area contributed by atoms with Crippen LogP contribution in [0.2, 0.25) is 5.02 Å². The molecule has 0 radical (unpaired) electrons. The van der Waals surface area contributed by atoms with Gasteiger partial charge in [-0.05, 0) is 24.5 Å². The largest absolute Gasteiger partial charge is 0.263 e. The monoisotopic (exact) mass is 279 g/mol. The van der Waals surface area contributed by atoms with E-state index in [9.17, 15) is 0 Å². The molecule has 1 nitrogen and oxygen atoms in total. The van der Waals surface area contributed by atoms with E-state index in [0.717, 1.165) is 24.8 Å². The summed E-state index contributed by atoms with van der Waals surface area (Å²) < 4.78 is 0. The SMILES string of the molecule is CCCC(CCl)(CCl)Cc1ccncc1Cl. The summed E-state index contributed by atoms with van der Waals surface area (Å²) in [6.07, 6.45) is 6.31. The van der Waals surface area contributed by atoms with Crippen molar-refractivity contribution in [2.75, 3.05) is 11.8 Å². The van der Waals surface area contributed by atoms with Crippen molar-refractivity contribution >= 4 is 34.8 Å². The van der Waals surface area contributed by atoms with Gasteiger partial charge < -0.3 is 0 Å². The van der Waals surface area contributed by atoms with Crippen molar-refractivity contribution in [3.05, 3.63) is 29.0 Å². The zero-order valence-electron chi connectivity index (χ0n) is 9.35. The molecule has 1 aromatic heterocycles. The molecule has 4 heteroatoms. The summed E-state index contributed by atoms with van der Waals surface area (Å²) >= 11 is 18.2. The maximum Gasteiger partial charge on any atom is 0.0621 e. The zero-order valence-corrected chi connectivity index (χ0v) is 11.6. The molecule has 0 unspecified atom stereocenters. The zero-order chi connectivity index (χ0) is 12.0. The predicted molar refractivity (Wildman–Crippen MR) is 71.7 cm³/mol. The fourth-order valence-electron chi connectivity index (χ4n) is 1.83. The van der Waals surface area contributed by atoms with Gasteiger partial charge in [-0.25, -0.2) is 0 Å². The first kappa shape index (κ1) is 14.1. The van der Waals surface area contributed by atoms with Crippen LogP contribution >= 0.6 is 34.8 Å². The van der Waals surface area contributed by atoms with Gasteiger partial charge in [-0.1, -0.05) is 24.9 Å². The Labute approximate surface area is 112 Å². The van der Waals surface area contributed by atoms with Crippen molar-refractivity contribution in [3.8, 4) is 0 Å². The van der Waals surface area contributed by atoms with Gasteiger partial charge in [-0.2, -0.15) is 0 Å². The molecule has 0 aromatic carbocycles. The van der Waals surface area contributed by atoms with Crippen molar-refractivity contribution in [3.63, 3.8) is 0 Å². The van der Waals surface area contributed by atoms with E-state index in [0.29, 0.717) is 16.8 Å². The van der Waals surface area contributed by atoms with Crippen LogP contribution in [0.3, 0.4) is 0 Å². The van der Waals surface area contributed by atoms with Gasteiger partial charge in [0.05, 0.1) is 5.02 Å². The van der Waals surface area contributed by atoms with Crippen LogP contribution in [0.1, 0.15) is 25.3 Å². The molecule has 0 fully saturated rings. The molecule has 0 amide bonds. The Balaban J connectivity index is 2.87. The van der Waals surface area contributed by atoms with Crippen LogP contribution in [-0.4, -0.2) is 16.7 Å². The highest BCUT2D eigenvalue weighted by molar-refractivity contribution is 6.31. The molecule has 0 aliphatic rings. The second kappa shape index (κ2) is 6.68. The van der Waals surface area contributed by atoms with Crippen LogP contribution in [0, 0.1) is 5.41 Å². The Morgan fingerprint density at radius 2 is 2.00 bits per heavy atom. The van der Waals surface area contributed by atoms with Crippen molar-refractivity contribution in [1.29, 1.82) is 0 Å². The first-order chi connectivity index (χ1) is 7.67. The van der Waals surface area contributed by atoms with Gasteiger partial charge in [0.25, 0.3) is 0 Å². The van der Waals surface area contributed by atoms with Crippen molar-refractivity contribution in [2.24, 2.45) is 5.41 Å². The highest BCUT2D eigenvalue weighted by atomic mass is 35.5. The Kier molecular flexibility index (Phi) is 5.88. The Hall–Kier alpha value is 0.0200. The third kappa shape index (κ3) is 3.51. The van der Waals surface area contributed by atoms with Crippen LogP contribution in [0.4, 0.5) is 0 Å². The second-order valence-corrected chi connectivity index (χ2v) is 5.10. The molecule has 0 spiro atoms. The lowest BCUT2D eigenvalue weighted by Gasteiger charge is -2.29. The van der Waals surface area contributed by atoms with E-state index in [1.807, 2.05) is 6.07 Å². The highest BCUT2D eigenvalue weighted by Gasteiger charge is 2.28. The minimum atomic E-state index is -0.0527. The van der Waals surface area contributed by atoms with Crippen molar-refractivity contribution < 1.29 is 0 Å². The van der Waals surface area contributed by atoms with Gasteiger partial charge in [0.2, 0.25) is 0 Å². The second-order valence-electron chi connectivity index (χ2n) is 4.16. The molecular formula is C12H16Cl3N. The normalized spacial score (nSPS) is 11.8. The number of hydrogen-bond acceptors (Lipinski definition) is 1. The van der Waals surface area contributed by atoms with Crippen molar-refractivity contribution in [2.45, 2.75) is 26.2 Å². The fraction of sp³-hybridized carbons (Fsp3) is 0.583. The van der Waals surface area contributed by atoms with E-state index < -0.39 is 0 Å². The molecule has 0 N–H and O–H groups in total. The van der Waals surface area contributed by atoms with Crippen LogP contribution in [0.25, 0.3) is 0 Å². The summed E-state index contributed by atoms with van der Waals surface area (Å²) in [5, 5.41) is 0.693. The molecule has 0 saturated carbocycles. The summed E-state index contributed by atoms with van der Waals surface area (Å²) in [5.41, 5.74) is 1.02. The van der Waals surface area contributed by atoms with Crippen LogP contribution < -0.4 is 0 Å². The number of aromatic nitrogens is 1. The molecule has 1 rings (SSSR count). The lowest BCUT2D eigenvalue weighted by molar-refractivity contribution is 0.341. The fourth-order valence-corrected chi connectivity index (χ4v) is 2.76. The summed E-state index contributed by atoms with van der Waals surface area (Å²) in [4.78, 5) is 3.97. The predicted octanol–water partition coefficient (Wildman–Crippen LogP) is 4.54. The molecule has 0 atom stereocenters. The van der Waals surface area contributed by atoms with Crippen molar-refractivity contribution in [1.82, 2.24) is 4.98 Å². The summed E-state index contributed by atoms with van der Waals surface area (Å²) in [5.74, 6) is 1.12. The molecular weight excluding hydrogens is 264 g/mol. The summed E-state index contributed by atoms with van der Waals surface area (Å²) in [7, 11) is 0. The van der Waals surface area contributed by atoms with Crippen LogP contribution in [-0.2, 0) is 6.42 Å². The third-order valence-electron chi connectivity index (χ3n) is 2.77. The number of alkyl halides is 2. The average Bonchev–Trinajstić information content (AvgIpc) is 2.31. The molecule has 1 aromatic rings. The smallest absolute Gasteiger partial charge is 0.0621 e. The van der Waals surface area contributed by atoms with Gasteiger partial charge in [0.1, 0.15) is 0 Å². The maximum absolute atomic E-state index is 6.10. The van der Waals surface area contributed by atoms with E-state index in [4.69, 9.17) is 34.8 Å². The number of halogens is 3. The Morgan fingerprint density at radius 1 is 1.31 bits per heavy atom. The summed E-state index contributed by atoms with van der Waals surface area (Å²) in [6.45, 7) is 2.14. The van der Waals surface area contributed by atoms with Gasteiger partial charge in [-0.3, -0.25) is 4.98 Å². The molecule has 16 heavy (non-hydrogen) atoms. The lowest BCUT2D eigenvalue weighted by atomic mass is 9.81. The molecule has 90 valence electrons. The van der Waals surface area contributed by atoms with Gasteiger partial charge >= 0.3 is 0 Å². The van der Waals surface area contributed by atoms with E-state index in [1.165, 1.54) is 0 Å². The number of pyridine rings is 1.